The number of anilines is 3. The molecule has 166 valence electrons. The molecule has 3 N–H and O–H groups in total. The van der Waals surface area contributed by atoms with E-state index in [1.807, 2.05) is 18.0 Å². The summed E-state index contributed by atoms with van der Waals surface area (Å²) in [5.74, 6) is -0.266. The highest BCUT2D eigenvalue weighted by molar-refractivity contribution is 5.97. The second-order valence-corrected chi connectivity index (χ2v) is 7.72. The molecule has 0 saturated carbocycles. The molecule has 0 bridgehead atoms. The molecule has 32 heavy (non-hydrogen) atoms. The molecule has 3 heterocycles. The van der Waals surface area contributed by atoms with E-state index >= 15 is 0 Å². The zero-order chi connectivity index (χ0) is 23.0. The molecule has 0 radical (unpaired) electrons. The SMILES string of the molecule is Cc1cc(C(F)(F)F)nc(/C(C#N)=C2\Nc3ccc(NC(=O)[C@@H]4CCCN4C)cc3N2)n1. The Kier molecular flexibility index (Phi) is 5.48. The topological polar surface area (TPSA) is 106 Å². The molecule has 1 atom stereocenters. The van der Waals surface area contributed by atoms with Crippen molar-refractivity contribution < 1.29 is 18.0 Å². The minimum Gasteiger partial charge on any atom is -0.339 e. The van der Waals surface area contributed by atoms with Crippen molar-refractivity contribution >= 4 is 28.5 Å². The van der Waals surface area contributed by atoms with E-state index in [0.717, 1.165) is 25.5 Å². The van der Waals surface area contributed by atoms with Gasteiger partial charge in [-0.25, -0.2) is 9.97 Å². The van der Waals surface area contributed by atoms with Gasteiger partial charge in [-0.2, -0.15) is 18.4 Å². The summed E-state index contributed by atoms with van der Waals surface area (Å²) in [6, 6.07) is 7.62. The van der Waals surface area contributed by atoms with Crippen molar-refractivity contribution in [3.05, 3.63) is 47.3 Å². The number of rotatable bonds is 3. The van der Waals surface area contributed by atoms with Crippen molar-refractivity contribution in [3.63, 3.8) is 0 Å². The number of aromatic nitrogens is 2. The first-order chi connectivity index (χ1) is 15.2. The van der Waals surface area contributed by atoms with Crippen LogP contribution in [0.15, 0.2) is 30.1 Å². The zero-order valence-corrected chi connectivity index (χ0v) is 17.3. The highest BCUT2D eigenvalue weighted by Gasteiger charge is 2.34. The minimum atomic E-state index is -4.66. The molecule has 1 aromatic carbocycles. The minimum absolute atomic E-state index is 0.0908. The van der Waals surface area contributed by atoms with Crippen molar-refractivity contribution in [3.8, 4) is 6.07 Å². The molecule has 2 aliphatic rings. The van der Waals surface area contributed by atoms with Gasteiger partial charge in [0.1, 0.15) is 23.2 Å². The maximum absolute atomic E-state index is 13.1. The van der Waals surface area contributed by atoms with Crippen molar-refractivity contribution in [2.24, 2.45) is 0 Å². The van der Waals surface area contributed by atoms with Crippen LogP contribution >= 0.6 is 0 Å². The number of amides is 1. The van der Waals surface area contributed by atoms with Crippen LogP contribution in [0, 0.1) is 18.3 Å². The third-order valence-electron chi connectivity index (χ3n) is 5.36. The van der Waals surface area contributed by atoms with Crippen LogP contribution in [0.2, 0.25) is 0 Å². The van der Waals surface area contributed by atoms with Gasteiger partial charge < -0.3 is 16.0 Å². The summed E-state index contributed by atoms with van der Waals surface area (Å²) in [6.45, 7) is 2.27. The smallest absolute Gasteiger partial charge is 0.339 e. The van der Waals surface area contributed by atoms with E-state index in [-0.39, 0.29) is 34.9 Å². The summed E-state index contributed by atoms with van der Waals surface area (Å²) in [6.07, 6.45) is -2.90. The van der Waals surface area contributed by atoms with Crippen LogP contribution in [-0.2, 0) is 11.0 Å². The largest absolute Gasteiger partial charge is 0.433 e. The molecule has 0 aliphatic carbocycles. The third kappa shape index (κ3) is 4.22. The Morgan fingerprint density at radius 1 is 1.25 bits per heavy atom. The molecule has 8 nitrogen and oxygen atoms in total. The Labute approximate surface area is 182 Å². The number of nitriles is 1. The molecule has 1 amide bonds. The average molecular weight is 443 g/mol. The van der Waals surface area contributed by atoms with Crippen LogP contribution < -0.4 is 16.0 Å². The van der Waals surface area contributed by atoms with Crippen molar-refractivity contribution in [1.29, 1.82) is 5.26 Å². The van der Waals surface area contributed by atoms with E-state index in [0.29, 0.717) is 17.1 Å². The molecule has 2 aromatic rings. The Morgan fingerprint density at radius 3 is 2.66 bits per heavy atom. The predicted octanol–water partition coefficient (Wildman–Crippen LogP) is 3.57. The summed E-state index contributed by atoms with van der Waals surface area (Å²) in [5, 5.41) is 18.4. The molecule has 0 spiro atoms. The molecule has 1 aromatic heterocycles. The molecule has 1 saturated heterocycles. The van der Waals surface area contributed by atoms with Gasteiger partial charge in [0, 0.05) is 11.4 Å². The monoisotopic (exact) mass is 443 g/mol. The van der Waals surface area contributed by atoms with E-state index < -0.39 is 11.9 Å². The molecule has 1 fully saturated rings. The molecular weight excluding hydrogens is 423 g/mol. The number of nitrogens with zero attached hydrogens (tertiary/aromatic N) is 4. The molecule has 0 unspecified atom stereocenters. The predicted molar refractivity (Wildman–Crippen MR) is 112 cm³/mol. The number of likely N-dealkylation sites (N-methyl/N-ethyl adjacent to an activating group) is 1. The van der Waals surface area contributed by atoms with Crippen LogP contribution in [0.1, 0.15) is 30.1 Å². The highest BCUT2D eigenvalue weighted by Crippen LogP contribution is 2.36. The van der Waals surface area contributed by atoms with E-state index in [9.17, 15) is 23.2 Å². The van der Waals surface area contributed by atoms with Gasteiger partial charge in [0.2, 0.25) is 5.91 Å². The first kappa shape index (κ1) is 21.6. The number of aryl methyl sites for hydroxylation is 1. The maximum atomic E-state index is 13.1. The highest BCUT2D eigenvalue weighted by atomic mass is 19.4. The summed E-state index contributed by atoms with van der Waals surface area (Å²) < 4.78 is 39.4. The standard InChI is InChI=1S/C21H20F3N7O/c1-11-8-17(21(22,23)24)30-18(26-11)13(10-25)19-28-14-6-5-12(9-15(14)29-19)27-20(32)16-4-3-7-31(16)2/h5-6,8-9,16,28-29H,3-4,7H2,1-2H3,(H,27,32)/b19-13+/t16-/m0/s1. The van der Waals surface area contributed by atoms with E-state index in [4.69, 9.17) is 0 Å². The third-order valence-corrected chi connectivity index (χ3v) is 5.36. The van der Waals surface area contributed by atoms with Crippen LogP contribution in [0.3, 0.4) is 0 Å². The van der Waals surface area contributed by atoms with Gasteiger partial charge in [-0.3, -0.25) is 9.69 Å². The Hall–Kier alpha value is -3.65. The Bertz CT molecular complexity index is 1150. The maximum Gasteiger partial charge on any atom is 0.433 e. The lowest BCUT2D eigenvalue weighted by Crippen LogP contribution is -2.37. The number of likely N-dealkylation sites (tertiary alicyclic amines) is 1. The van der Waals surface area contributed by atoms with Gasteiger partial charge in [0.15, 0.2) is 5.82 Å². The second kappa shape index (κ2) is 8.12. The molecule has 4 rings (SSSR count). The normalized spacial score (nSPS) is 19.6. The fourth-order valence-corrected chi connectivity index (χ4v) is 3.77. The first-order valence-corrected chi connectivity index (χ1v) is 9.92. The van der Waals surface area contributed by atoms with E-state index in [1.54, 1.807) is 18.2 Å². The summed E-state index contributed by atoms with van der Waals surface area (Å²) in [5.41, 5.74) is 0.545. The van der Waals surface area contributed by atoms with E-state index in [1.165, 1.54) is 6.92 Å². The van der Waals surface area contributed by atoms with Crippen molar-refractivity contribution in [1.82, 2.24) is 14.9 Å². The number of alkyl halides is 3. The van der Waals surface area contributed by atoms with Gasteiger partial charge >= 0.3 is 6.18 Å². The lowest BCUT2D eigenvalue weighted by Gasteiger charge is -2.18. The fourth-order valence-electron chi connectivity index (χ4n) is 3.77. The number of allylic oxidation sites excluding steroid dienone is 1. The number of benzene rings is 1. The number of hydrogen-bond acceptors (Lipinski definition) is 7. The lowest BCUT2D eigenvalue weighted by atomic mass is 10.2. The van der Waals surface area contributed by atoms with Crippen molar-refractivity contribution in [2.75, 3.05) is 29.5 Å². The van der Waals surface area contributed by atoms with Crippen LogP contribution in [0.25, 0.3) is 5.57 Å². The lowest BCUT2D eigenvalue weighted by molar-refractivity contribution is -0.141. The number of carbonyl (C=O) groups excluding carboxylic acids is 1. The zero-order valence-electron chi connectivity index (χ0n) is 17.3. The Balaban J connectivity index is 1.59. The molecule has 2 aliphatic heterocycles. The van der Waals surface area contributed by atoms with Gasteiger partial charge in [-0.1, -0.05) is 0 Å². The number of carbonyl (C=O) groups is 1. The van der Waals surface area contributed by atoms with Crippen molar-refractivity contribution in [2.45, 2.75) is 32.0 Å². The van der Waals surface area contributed by atoms with Gasteiger partial charge in [0.05, 0.1) is 17.4 Å². The fraction of sp³-hybridized carbons (Fsp3) is 0.333. The number of hydrogen-bond donors (Lipinski definition) is 3. The van der Waals surface area contributed by atoms with Gasteiger partial charge in [-0.05, 0) is 57.6 Å². The summed E-state index contributed by atoms with van der Waals surface area (Å²) >= 11 is 0. The quantitative estimate of drug-likeness (QED) is 0.623. The van der Waals surface area contributed by atoms with Crippen LogP contribution in [0.4, 0.5) is 30.2 Å². The number of fused-ring (bicyclic) bond motifs is 1. The van der Waals surface area contributed by atoms with Crippen LogP contribution in [-0.4, -0.2) is 40.4 Å². The number of nitrogens with one attached hydrogen (secondary N) is 3. The number of halogens is 3. The van der Waals surface area contributed by atoms with Gasteiger partial charge in [-0.15, -0.1) is 0 Å². The first-order valence-electron chi connectivity index (χ1n) is 9.92. The molecular formula is C21H20F3N7O. The summed E-state index contributed by atoms with van der Waals surface area (Å²) in [4.78, 5) is 22.1. The summed E-state index contributed by atoms with van der Waals surface area (Å²) in [7, 11) is 1.91. The second-order valence-electron chi connectivity index (χ2n) is 7.72. The molecule has 11 heteroatoms. The van der Waals surface area contributed by atoms with Gasteiger partial charge in [0.25, 0.3) is 0 Å². The van der Waals surface area contributed by atoms with E-state index in [2.05, 4.69) is 25.9 Å². The average Bonchev–Trinajstić information content (AvgIpc) is 3.33. The van der Waals surface area contributed by atoms with Crippen LogP contribution in [0.5, 0.6) is 0 Å². The Morgan fingerprint density at radius 2 is 2.00 bits per heavy atom.